The van der Waals surface area contributed by atoms with E-state index in [1.54, 1.807) is 24.3 Å². The van der Waals surface area contributed by atoms with E-state index in [1.807, 2.05) is 61.5 Å². The highest BCUT2D eigenvalue weighted by Gasteiger charge is 2.13. The summed E-state index contributed by atoms with van der Waals surface area (Å²) in [6, 6.07) is 23.6. The van der Waals surface area contributed by atoms with Crippen molar-refractivity contribution >= 4 is 10.0 Å². The molecule has 0 bridgehead atoms. The molecule has 0 fully saturated rings. The van der Waals surface area contributed by atoms with Crippen molar-refractivity contribution in [2.75, 3.05) is 13.2 Å². The van der Waals surface area contributed by atoms with Crippen LogP contribution >= 0.6 is 0 Å². The fraction of sp³-hybridized carbons (Fsp3) is 0.217. The second-order valence-corrected chi connectivity index (χ2v) is 8.20. The van der Waals surface area contributed by atoms with E-state index in [-0.39, 0.29) is 4.90 Å². The highest BCUT2D eigenvalue weighted by atomic mass is 32.2. The van der Waals surface area contributed by atoms with Crippen molar-refractivity contribution in [2.45, 2.75) is 24.7 Å². The first kappa shape index (κ1) is 20.9. The van der Waals surface area contributed by atoms with Crippen LogP contribution in [-0.4, -0.2) is 21.6 Å². The van der Waals surface area contributed by atoms with Crippen molar-refractivity contribution < 1.29 is 17.9 Å². The highest BCUT2D eigenvalue weighted by Crippen LogP contribution is 2.23. The van der Waals surface area contributed by atoms with Gasteiger partial charge >= 0.3 is 0 Å². The fourth-order valence-electron chi connectivity index (χ4n) is 2.89. The Morgan fingerprint density at radius 1 is 0.828 bits per heavy atom. The van der Waals surface area contributed by atoms with Gasteiger partial charge < -0.3 is 9.47 Å². The smallest absolute Gasteiger partial charge is 0.240 e. The Labute approximate surface area is 172 Å². The van der Waals surface area contributed by atoms with E-state index in [1.165, 1.54) is 0 Å². The normalized spacial score (nSPS) is 11.2. The molecule has 0 radical (unpaired) electrons. The first-order valence-electron chi connectivity index (χ1n) is 9.62. The Morgan fingerprint density at radius 3 is 2.21 bits per heavy atom. The molecule has 0 unspecified atom stereocenters. The number of para-hydroxylation sites is 2. The van der Waals surface area contributed by atoms with E-state index in [0.29, 0.717) is 31.1 Å². The average Bonchev–Trinajstić information content (AvgIpc) is 2.74. The van der Waals surface area contributed by atoms with Gasteiger partial charge in [0.05, 0.1) is 11.5 Å². The number of aryl methyl sites for hydroxylation is 1. The first-order valence-corrected chi connectivity index (χ1v) is 11.1. The Hall–Kier alpha value is -2.83. The molecular formula is C23H25NO4S. The second kappa shape index (κ2) is 10.1. The molecule has 3 aromatic rings. The molecule has 6 heteroatoms. The molecule has 0 atom stereocenters. The van der Waals surface area contributed by atoms with Gasteiger partial charge in [-0.2, -0.15) is 0 Å². The molecule has 0 saturated carbocycles. The molecule has 0 aliphatic rings. The lowest BCUT2D eigenvalue weighted by molar-refractivity contribution is 0.336. The third-order valence-corrected chi connectivity index (χ3v) is 5.78. The third-order valence-electron chi connectivity index (χ3n) is 4.30. The van der Waals surface area contributed by atoms with Crippen LogP contribution in [-0.2, 0) is 16.4 Å². The number of hydrogen-bond acceptors (Lipinski definition) is 4. The van der Waals surface area contributed by atoms with Gasteiger partial charge in [0.15, 0.2) is 0 Å². The van der Waals surface area contributed by atoms with Crippen LogP contribution < -0.4 is 14.2 Å². The average molecular weight is 412 g/mol. The van der Waals surface area contributed by atoms with Crippen LogP contribution in [0.3, 0.4) is 0 Å². The van der Waals surface area contributed by atoms with E-state index in [2.05, 4.69) is 4.72 Å². The lowest BCUT2D eigenvalue weighted by atomic mass is 10.1. The van der Waals surface area contributed by atoms with Gasteiger partial charge in [-0.1, -0.05) is 36.4 Å². The van der Waals surface area contributed by atoms with Crippen molar-refractivity contribution in [1.29, 1.82) is 0 Å². The zero-order chi connectivity index (χ0) is 20.5. The number of hydrogen-bond donors (Lipinski definition) is 1. The summed E-state index contributed by atoms with van der Waals surface area (Å²) in [5.41, 5.74) is 1.08. The molecule has 0 aliphatic carbocycles. The maximum Gasteiger partial charge on any atom is 0.240 e. The van der Waals surface area contributed by atoms with Crippen LogP contribution in [0.1, 0.15) is 18.9 Å². The summed E-state index contributed by atoms with van der Waals surface area (Å²) < 4.78 is 39.0. The Balaban J connectivity index is 1.53. The highest BCUT2D eigenvalue weighted by molar-refractivity contribution is 7.89. The third kappa shape index (κ3) is 6.07. The number of rotatable bonds is 10. The summed E-state index contributed by atoms with van der Waals surface area (Å²) in [4.78, 5) is 0.215. The minimum absolute atomic E-state index is 0.215. The molecule has 1 N–H and O–H groups in total. The molecular weight excluding hydrogens is 386 g/mol. The summed E-state index contributed by atoms with van der Waals surface area (Å²) in [7, 11) is -3.56. The largest absolute Gasteiger partial charge is 0.494 e. The maximum atomic E-state index is 12.5. The lowest BCUT2D eigenvalue weighted by Crippen LogP contribution is -2.25. The van der Waals surface area contributed by atoms with E-state index in [4.69, 9.17) is 9.47 Å². The number of benzene rings is 3. The lowest BCUT2D eigenvalue weighted by Gasteiger charge is -2.11. The predicted molar refractivity (Wildman–Crippen MR) is 114 cm³/mol. The zero-order valence-corrected chi connectivity index (χ0v) is 17.2. The number of nitrogens with one attached hydrogen (secondary N) is 1. The van der Waals surface area contributed by atoms with E-state index < -0.39 is 10.0 Å². The summed E-state index contributed by atoms with van der Waals surface area (Å²) in [5.74, 6) is 2.14. The summed E-state index contributed by atoms with van der Waals surface area (Å²) in [5, 5.41) is 0. The predicted octanol–water partition coefficient (Wildman–Crippen LogP) is 4.79. The molecule has 0 heterocycles. The van der Waals surface area contributed by atoms with Gasteiger partial charge in [0.2, 0.25) is 10.0 Å². The van der Waals surface area contributed by atoms with Crippen LogP contribution in [0, 0.1) is 0 Å². The molecule has 3 aromatic carbocycles. The second-order valence-electron chi connectivity index (χ2n) is 6.43. The molecule has 0 aromatic heterocycles. The van der Waals surface area contributed by atoms with Gasteiger partial charge in [0.1, 0.15) is 17.2 Å². The van der Waals surface area contributed by atoms with Crippen molar-refractivity contribution in [3.8, 4) is 17.2 Å². The van der Waals surface area contributed by atoms with Gasteiger partial charge in [-0.05, 0) is 67.8 Å². The Bertz CT molecular complexity index is 1000. The van der Waals surface area contributed by atoms with Crippen LogP contribution in [0.5, 0.6) is 17.2 Å². The van der Waals surface area contributed by atoms with Gasteiger partial charge in [-0.25, -0.2) is 13.1 Å². The first-order chi connectivity index (χ1) is 14.1. The minimum Gasteiger partial charge on any atom is -0.494 e. The van der Waals surface area contributed by atoms with Gasteiger partial charge in [0.25, 0.3) is 0 Å². The summed E-state index contributed by atoms with van der Waals surface area (Å²) in [6.07, 6.45) is 1.42. The molecule has 5 nitrogen and oxygen atoms in total. The quantitative estimate of drug-likeness (QED) is 0.487. The zero-order valence-electron chi connectivity index (χ0n) is 16.4. The standard InChI is InChI=1S/C23H25NO4S/c1-2-27-23-13-7-6-9-19(23)10-8-18-24-29(25,26)22-16-14-21(15-17-22)28-20-11-4-3-5-12-20/h3-7,9,11-17,24H,2,8,10,18H2,1H3. The molecule has 0 amide bonds. The molecule has 0 spiro atoms. The van der Waals surface area contributed by atoms with Gasteiger partial charge in [-0.3, -0.25) is 0 Å². The Morgan fingerprint density at radius 2 is 1.48 bits per heavy atom. The van der Waals surface area contributed by atoms with Crippen molar-refractivity contribution in [3.63, 3.8) is 0 Å². The summed E-state index contributed by atoms with van der Waals surface area (Å²) >= 11 is 0. The van der Waals surface area contributed by atoms with Crippen molar-refractivity contribution in [1.82, 2.24) is 4.72 Å². The van der Waals surface area contributed by atoms with Crippen LogP contribution in [0.15, 0.2) is 83.8 Å². The topological polar surface area (TPSA) is 64.6 Å². The molecule has 29 heavy (non-hydrogen) atoms. The summed E-state index contributed by atoms with van der Waals surface area (Å²) in [6.45, 7) is 2.90. The van der Waals surface area contributed by atoms with Crippen LogP contribution in [0.25, 0.3) is 0 Å². The van der Waals surface area contributed by atoms with E-state index in [9.17, 15) is 8.42 Å². The van der Waals surface area contributed by atoms with Crippen molar-refractivity contribution in [2.24, 2.45) is 0 Å². The fourth-order valence-corrected chi connectivity index (χ4v) is 3.96. The number of sulfonamides is 1. The molecule has 3 rings (SSSR count). The number of ether oxygens (including phenoxy) is 2. The van der Waals surface area contributed by atoms with Gasteiger partial charge in [-0.15, -0.1) is 0 Å². The molecule has 152 valence electrons. The monoisotopic (exact) mass is 411 g/mol. The van der Waals surface area contributed by atoms with Crippen LogP contribution in [0.2, 0.25) is 0 Å². The van der Waals surface area contributed by atoms with E-state index >= 15 is 0 Å². The molecule has 0 aliphatic heterocycles. The molecule has 0 saturated heterocycles. The van der Waals surface area contributed by atoms with E-state index in [0.717, 1.165) is 17.7 Å². The minimum atomic E-state index is -3.56. The van der Waals surface area contributed by atoms with Crippen molar-refractivity contribution in [3.05, 3.63) is 84.4 Å². The maximum absolute atomic E-state index is 12.5. The SMILES string of the molecule is CCOc1ccccc1CCCNS(=O)(=O)c1ccc(Oc2ccccc2)cc1. The van der Waals surface area contributed by atoms with Crippen LogP contribution in [0.4, 0.5) is 0 Å². The van der Waals surface area contributed by atoms with Gasteiger partial charge in [0, 0.05) is 6.54 Å². The Kier molecular flexibility index (Phi) is 7.27.